The van der Waals surface area contributed by atoms with Crippen molar-refractivity contribution in [3.05, 3.63) is 65.7 Å². The molecule has 1 atom stereocenters. The first-order valence-electron chi connectivity index (χ1n) is 8.58. The lowest BCUT2D eigenvalue weighted by atomic mass is 9.93. The van der Waals surface area contributed by atoms with Crippen molar-refractivity contribution in [1.82, 2.24) is 10.2 Å². The summed E-state index contributed by atoms with van der Waals surface area (Å²) in [5, 5.41) is 5.53. The number of hydrogen-bond acceptors (Lipinski definition) is 2. The summed E-state index contributed by atoms with van der Waals surface area (Å²) in [6, 6.07) is 17.1. The Bertz CT molecular complexity index is 759. The van der Waals surface area contributed by atoms with Crippen molar-refractivity contribution in [2.45, 2.75) is 32.4 Å². The van der Waals surface area contributed by atoms with Gasteiger partial charge < -0.3 is 15.5 Å². The van der Waals surface area contributed by atoms with Gasteiger partial charge in [0.25, 0.3) is 5.91 Å². The van der Waals surface area contributed by atoms with Gasteiger partial charge in [0.1, 0.15) is 0 Å². The zero-order chi connectivity index (χ0) is 17.8. The number of carbonyl (C=O) groups is 2. The Labute approximate surface area is 148 Å². The summed E-state index contributed by atoms with van der Waals surface area (Å²) >= 11 is 0. The van der Waals surface area contributed by atoms with Crippen LogP contribution in [-0.2, 0) is 0 Å². The van der Waals surface area contributed by atoms with Gasteiger partial charge in [0.15, 0.2) is 0 Å². The van der Waals surface area contributed by atoms with Crippen molar-refractivity contribution in [3.63, 3.8) is 0 Å². The van der Waals surface area contributed by atoms with E-state index < -0.39 is 0 Å². The predicted molar refractivity (Wildman–Crippen MR) is 98.6 cm³/mol. The molecular weight excluding hydrogens is 314 g/mol. The lowest BCUT2D eigenvalue weighted by Gasteiger charge is -2.41. The van der Waals surface area contributed by atoms with E-state index in [-0.39, 0.29) is 24.0 Å². The van der Waals surface area contributed by atoms with E-state index in [1.54, 1.807) is 24.3 Å². The Morgan fingerprint density at radius 3 is 2.48 bits per heavy atom. The van der Waals surface area contributed by atoms with Crippen LogP contribution in [0.5, 0.6) is 0 Å². The highest BCUT2D eigenvalue weighted by Crippen LogP contribution is 2.34. The van der Waals surface area contributed by atoms with Gasteiger partial charge >= 0.3 is 6.03 Å². The van der Waals surface area contributed by atoms with E-state index in [2.05, 4.69) is 22.8 Å². The summed E-state index contributed by atoms with van der Waals surface area (Å²) in [5.41, 5.74) is 2.36. The monoisotopic (exact) mass is 337 g/mol. The number of urea groups is 1. The third-order valence-electron chi connectivity index (χ3n) is 4.25. The van der Waals surface area contributed by atoms with Crippen molar-refractivity contribution in [1.29, 1.82) is 0 Å². The third-order valence-corrected chi connectivity index (χ3v) is 4.25. The molecule has 2 aromatic carbocycles. The molecule has 5 heteroatoms. The molecule has 1 aliphatic heterocycles. The largest absolute Gasteiger partial charge is 0.336 e. The minimum Gasteiger partial charge on any atom is -0.336 e. The Hall–Kier alpha value is -2.82. The smallest absolute Gasteiger partial charge is 0.319 e. The summed E-state index contributed by atoms with van der Waals surface area (Å²) in [6.07, 6.45) is 0.977. The van der Waals surface area contributed by atoms with E-state index in [1.807, 2.05) is 36.9 Å². The van der Waals surface area contributed by atoms with Crippen LogP contribution in [0.2, 0.25) is 0 Å². The van der Waals surface area contributed by atoms with Crippen LogP contribution in [0.4, 0.5) is 10.5 Å². The number of amides is 3. The van der Waals surface area contributed by atoms with Gasteiger partial charge in [-0.05, 0) is 44.0 Å². The first kappa shape index (κ1) is 17.0. The molecule has 0 aliphatic carbocycles. The Morgan fingerprint density at radius 1 is 1.08 bits per heavy atom. The highest BCUT2D eigenvalue weighted by Gasteiger charge is 2.33. The van der Waals surface area contributed by atoms with Crippen LogP contribution < -0.4 is 10.6 Å². The average molecular weight is 337 g/mol. The van der Waals surface area contributed by atoms with Crippen molar-refractivity contribution < 1.29 is 9.59 Å². The molecule has 0 bridgehead atoms. The summed E-state index contributed by atoms with van der Waals surface area (Å²) in [6.45, 7) is 4.55. The van der Waals surface area contributed by atoms with Crippen LogP contribution in [0.3, 0.4) is 0 Å². The molecule has 0 spiro atoms. The molecule has 130 valence electrons. The number of likely N-dealkylation sites (tertiary alicyclic amines) is 1. The molecule has 1 aliphatic rings. The van der Waals surface area contributed by atoms with Gasteiger partial charge in [-0.1, -0.05) is 36.4 Å². The van der Waals surface area contributed by atoms with Gasteiger partial charge in [0, 0.05) is 23.8 Å². The lowest BCUT2D eigenvalue weighted by molar-refractivity contribution is 0.0460. The normalized spacial score (nSPS) is 16.3. The highest BCUT2D eigenvalue weighted by molar-refractivity contribution is 5.97. The molecule has 0 saturated carbocycles. The molecule has 1 heterocycles. The third kappa shape index (κ3) is 3.99. The second kappa shape index (κ2) is 7.38. The first-order chi connectivity index (χ1) is 12.0. The van der Waals surface area contributed by atoms with Gasteiger partial charge in [-0.3, -0.25) is 4.79 Å². The first-order valence-corrected chi connectivity index (χ1v) is 8.58. The number of benzene rings is 2. The number of hydrogen-bond donors (Lipinski definition) is 2. The van der Waals surface area contributed by atoms with E-state index in [0.29, 0.717) is 11.3 Å². The van der Waals surface area contributed by atoms with Crippen molar-refractivity contribution in [2.75, 3.05) is 11.9 Å². The Morgan fingerprint density at radius 2 is 1.84 bits per heavy atom. The fourth-order valence-corrected chi connectivity index (χ4v) is 2.98. The van der Waals surface area contributed by atoms with Crippen LogP contribution in [0.25, 0.3) is 0 Å². The van der Waals surface area contributed by atoms with Crippen LogP contribution in [-0.4, -0.2) is 29.4 Å². The number of rotatable bonds is 4. The van der Waals surface area contributed by atoms with E-state index in [4.69, 9.17) is 0 Å². The van der Waals surface area contributed by atoms with Gasteiger partial charge in [0.05, 0.1) is 6.04 Å². The van der Waals surface area contributed by atoms with Gasteiger partial charge in [-0.15, -0.1) is 0 Å². The predicted octanol–water partition coefficient (Wildman–Crippen LogP) is 3.80. The fourth-order valence-electron chi connectivity index (χ4n) is 2.98. The Kier molecular flexibility index (Phi) is 5.03. The molecule has 0 radical (unpaired) electrons. The zero-order valence-electron chi connectivity index (χ0n) is 14.5. The standard InChI is InChI=1S/C20H23N3O2/c1-14(2)21-20(25)22-17-10-6-9-16(13-17)19(24)23-12-11-18(23)15-7-4-3-5-8-15/h3-10,13-14,18H,11-12H2,1-2H3,(H2,21,22,25)/t18-/m0/s1. The molecule has 3 amide bonds. The minimum absolute atomic E-state index is 0.00646. The molecule has 2 aromatic rings. The molecular formula is C20H23N3O2. The molecule has 1 saturated heterocycles. The van der Waals surface area contributed by atoms with Gasteiger partial charge in [-0.2, -0.15) is 0 Å². The Balaban J connectivity index is 1.70. The molecule has 5 nitrogen and oxygen atoms in total. The molecule has 0 aromatic heterocycles. The summed E-state index contributed by atoms with van der Waals surface area (Å²) in [7, 11) is 0. The zero-order valence-corrected chi connectivity index (χ0v) is 14.5. The van der Waals surface area contributed by atoms with E-state index in [1.165, 1.54) is 0 Å². The topological polar surface area (TPSA) is 61.4 Å². The van der Waals surface area contributed by atoms with Crippen molar-refractivity contribution in [3.8, 4) is 0 Å². The number of nitrogens with zero attached hydrogens (tertiary/aromatic N) is 1. The SMILES string of the molecule is CC(C)NC(=O)Nc1cccc(C(=O)N2CC[C@H]2c2ccccc2)c1. The van der Waals surface area contributed by atoms with Crippen LogP contribution in [0.1, 0.15) is 42.2 Å². The molecule has 1 fully saturated rings. The average Bonchev–Trinajstić information content (AvgIpc) is 2.54. The van der Waals surface area contributed by atoms with Crippen LogP contribution in [0, 0.1) is 0 Å². The summed E-state index contributed by atoms with van der Waals surface area (Å²) < 4.78 is 0. The highest BCUT2D eigenvalue weighted by atomic mass is 16.2. The van der Waals surface area contributed by atoms with E-state index in [0.717, 1.165) is 18.5 Å². The maximum absolute atomic E-state index is 12.8. The van der Waals surface area contributed by atoms with Crippen molar-refractivity contribution >= 4 is 17.6 Å². The summed E-state index contributed by atoms with van der Waals surface area (Å²) in [4.78, 5) is 26.5. The molecule has 3 rings (SSSR count). The van der Waals surface area contributed by atoms with Crippen LogP contribution >= 0.6 is 0 Å². The molecule has 0 unspecified atom stereocenters. The van der Waals surface area contributed by atoms with Crippen molar-refractivity contribution in [2.24, 2.45) is 0 Å². The van der Waals surface area contributed by atoms with Gasteiger partial charge in [0.2, 0.25) is 0 Å². The van der Waals surface area contributed by atoms with Crippen LogP contribution in [0.15, 0.2) is 54.6 Å². The maximum Gasteiger partial charge on any atom is 0.319 e. The quantitative estimate of drug-likeness (QED) is 0.891. The second-order valence-corrected chi connectivity index (χ2v) is 6.55. The maximum atomic E-state index is 12.8. The number of nitrogens with one attached hydrogen (secondary N) is 2. The number of carbonyl (C=O) groups excluding carboxylic acids is 2. The summed E-state index contributed by atoms with van der Waals surface area (Å²) in [5.74, 6) is -0.00646. The lowest BCUT2D eigenvalue weighted by Crippen LogP contribution is -2.45. The molecule has 2 N–H and O–H groups in total. The van der Waals surface area contributed by atoms with Gasteiger partial charge in [-0.25, -0.2) is 4.79 Å². The molecule has 25 heavy (non-hydrogen) atoms. The minimum atomic E-state index is -0.272. The van der Waals surface area contributed by atoms with E-state index >= 15 is 0 Å². The second-order valence-electron chi connectivity index (χ2n) is 6.55. The number of anilines is 1. The van der Waals surface area contributed by atoms with E-state index in [9.17, 15) is 9.59 Å². The fraction of sp³-hybridized carbons (Fsp3) is 0.300.